The highest BCUT2D eigenvalue weighted by atomic mass is 32.2. The van der Waals surface area contributed by atoms with Crippen molar-refractivity contribution in [2.45, 2.75) is 0 Å². The molecule has 2 aromatic carbocycles. The molecule has 0 saturated carbocycles. The molecule has 0 atom stereocenters. The summed E-state index contributed by atoms with van der Waals surface area (Å²) in [6.07, 6.45) is 1.09. The fourth-order valence-electron chi connectivity index (χ4n) is 2.14. The van der Waals surface area contributed by atoms with Gasteiger partial charge in [-0.2, -0.15) is 0 Å². The van der Waals surface area contributed by atoms with Gasteiger partial charge in [-0.25, -0.2) is 18.4 Å². The monoisotopic (exact) mass is 313 g/mol. The molecule has 3 aromatic rings. The first kappa shape index (κ1) is 14.3. The van der Waals surface area contributed by atoms with Gasteiger partial charge in [0.2, 0.25) is 10.0 Å². The maximum Gasteiger partial charge on any atom is 0.229 e. The Kier molecular flexibility index (Phi) is 3.42. The number of nitrogens with one attached hydrogen (secondary N) is 2. The third-order valence-electron chi connectivity index (χ3n) is 3.03. The van der Waals surface area contributed by atoms with E-state index < -0.39 is 10.0 Å². The van der Waals surface area contributed by atoms with Crippen LogP contribution < -0.4 is 10.5 Å². The number of benzene rings is 2. The van der Waals surface area contributed by atoms with Crippen LogP contribution in [0.1, 0.15) is 0 Å². The summed E-state index contributed by atoms with van der Waals surface area (Å²) in [6, 6.07) is 14.1. The molecule has 0 saturated heterocycles. The second-order valence-corrected chi connectivity index (χ2v) is 6.62. The van der Waals surface area contributed by atoms with Crippen molar-refractivity contribution in [2.75, 3.05) is 11.0 Å². The van der Waals surface area contributed by atoms with E-state index in [1.807, 2.05) is 18.2 Å². The van der Waals surface area contributed by atoms with Crippen molar-refractivity contribution < 1.29 is 8.42 Å². The van der Waals surface area contributed by atoms with E-state index in [1.54, 1.807) is 30.3 Å². The lowest BCUT2D eigenvalue weighted by molar-refractivity contribution is 0.607. The normalized spacial score (nSPS) is 11.5. The highest BCUT2D eigenvalue weighted by Crippen LogP contribution is 2.25. The molecule has 1 aromatic heterocycles. The van der Waals surface area contributed by atoms with E-state index in [2.05, 4.69) is 14.7 Å². The van der Waals surface area contributed by atoms with Gasteiger partial charge in [0.05, 0.1) is 11.8 Å². The Morgan fingerprint density at radius 2 is 1.82 bits per heavy atom. The summed E-state index contributed by atoms with van der Waals surface area (Å²) < 4.78 is 25.0. The van der Waals surface area contributed by atoms with Crippen LogP contribution >= 0.6 is 0 Å². The summed E-state index contributed by atoms with van der Waals surface area (Å²) >= 11 is 0. The summed E-state index contributed by atoms with van der Waals surface area (Å²) in [5.41, 5.74) is 9.75. The summed E-state index contributed by atoms with van der Waals surface area (Å²) in [7, 11) is -3.35. The number of hydrogen-bond donors (Lipinski definition) is 1. The van der Waals surface area contributed by atoms with E-state index >= 15 is 0 Å². The maximum absolute atomic E-state index is 11.3. The predicted octanol–water partition coefficient (Wildman–Crippen LogP) is 2.58. The van der Waals surface area contributed by atoms with E-state index in [1.165, 1.54) is 0 Å². The van der Waals surface area contributed by atoms with Gasteiger partial charge in [-0.1, -0.05) is 24.3 Å². The molecule has 0 unspecified atom stereocenters. The second kappa shape index (κ2) is 5.27. The fourth-order valence-corrected chi connectivity index (χ4v) is 2.70. The van der Waals surface area contributed by atoms with Crippen LogP contribution in [0.25, 0.3) is 22.3 Å². The standard InChI is InChI=1S/C15H13N4O2S/c1-22(20,21)19-11-6-4-5-10(9-11)15-17-13-8-3-2-7-12(13)14(16)18-15/h2-9,16,19H,1H3. The van der Waals surface area contributed by atoms with E-state index in [0.717, 1.165) is 6.26 Å². The van der Waals surface area contributed by atoms with Crippen molar-refractivity contribution in [2.24, 2.45) is 0 Å². The Labute approximate surface area is 128 Å². The van der Waals surface area contributed by atoms with Gasteiger partial charge in [-0.15, -0.1) is 0 Å². The summed E-state index contributed by atoms with van der Waals surface area (Å²) in [5, 5.41) is 0.677. The second-order valence-electron chi connectivity index (χ2n) is 4.87. The van der Waals surface area contributed by atoms with Gasteiger partial charge in [0.1, 0.15) is 0 Å². The smallest absolute Gasteiger partial charge is 0.229 e. The lowest BCUT2D eigenvalue weighted by Crippen LogP contribution is -2.09. The van der Waals surface area contributed by atoms with Gasteiger partial charge in [0, 0.05) is 16.6 Å². The number of aromatic nitrogens is 2. The molecule has 0 amide bonds. The first-order valence-corrected chi connectivity index (χ1v) is 8.38. The minimum Gasteiger partial charge on any atom is -0.284 e. The first-order valence-electron chi connectivity index (χ1n) is 6.49. The van der Waals surface area contributed by atoms with Gasteiger partial charge in [-0.05, 0) is 24.3 Å². The van der Waals surface area contributed by atoms with Gasteiger partial charge < -0.3 is 0 Å². The fraction of sp³-hybridized carbons (Fsp3) is 0.0667. The number of anilines is 1. The highest BCUT2D eigenvalue weighted by Gasteiger charge is 2.09. The predicted molar refractivity (Wildman–Crippen MR) is 86.2 cm³/mol. The summed E-state index contributed by atoms with van der Waals surface area (Å²) in [4.78, 5) is 8.62. The lowest BCUT2D eigenvalue weighted by atomic mass is 10.1. The molecule has 0 aliphatic rings. The summed E-state index contributed by atoms with van der Waals surface area (Å²) in [6.45, 7) is 0. The van der Waals surface area contributed by atoms with Crippen molar-refractivity contribution in [3.05, 3.63) is 48.5 Å². The number of fused-ring (bicyclic) bond motifs is 1. The zero-order valence-electron chi connectivity index (χ0n) is 11.7. The maximum atomic E-state index is 11.3. The number of sulfonamides is 1. The molecule has 0 aliphatic heterocycles. The molecule has 0 spiro atoms. The quantitative estimate of drug-likeness (QED) is 0.803. The SMILES string of the molecule is CS(=O)(=O)Nc1cccc(-c2nc([NH])c3ccccc3n2)c1. The van der Waals surface area contributed by atoms with Crippen molar-refractivity contribution in [3.8, 4) is 11.4 Å². The zero-order chi connectivity index (χ0) is 15.7. The number of rotatable bonds is 3. The van der Waals surface area contributed by atoms with E-state index in [4.69, 9.17) is 5.73 Å². The number of nitrogens with zero attached hydrogens (tertiary/aromatic N) is 2. The van der Waals surface area contributed by atoms with E-state index in [9.17, 15) is 8.42 Å². The Hall–Kier alpha value is -2.67. The largest absolute Gasteiger partial charge is 0.284 e. The topological polar surface area (TPSA) is 95.8 Å². The van der Waals surface area contributed by atoms with Crippen LogP contribution in [0.2, 0.25) is 0 Å². The Bertz CT molecular complexity index is 955. The lowest BCUT2D eigenvalue weighted by Gasteiger charge is -2.07. The highest BCUT2D eigenvalue weighted by molar-refractivity contribution is 7.92. The van der Waals surface area contributed by atoms with Crippen molar-refractivity contribution >= 4 is 32.4 Å². The summed E-state index contributed by atoms with van der Waals surface area (Å²) in [5.74, 6) is 0.530. The van der Waals surface area contributed by atoms with E-state index in [0.29, 0.717) is 28.0 Å². The molecule has 1 radical (unpaired) electrons. The molecule has 7 heteroatoms. The molecule has 0 bridgehead atoms. The van der Waals surface area contributed by atoms with Gasteiger partial charge in [-0.3, -0.25) is 10.5 Å². The van der Waals surface area contributed by atoms with Crippen molar-refractivity contribution in [3.63, 3.8) is 0 Å². The Morgan fingerprint density at radius 3 is 2.59 bits per heavy atom. The Morgan fingerprint density at radius 1 is 1.05 bits per heavy atom. The number of hydrogen-bond acceptors (Lipinski definition) is 4. The molecule has 0 fully saturated rings. The molecule has 6 nitrogen and oxygen atoms in total. The van der Waals surface area contributed by atoms with Crippen LogP contribution in [-0.4, -0.2) is 24.6 Å². The molecule has 2 N–H and O–H groups in total. The number of para-hydroxylation sites is 1. The average molecular weight is 313 g/mol. The van der Waals surface area contributed by atoms with Gasteiger partial charge >= 0.3 is 0 Å². The zero-order valence-corrected chi connectivity index (χ0v) is 12.6. The van der Waals surface area contributed by atoms with Gasteiger partial charge in [0.15, 0.2) is 11.6 Å². The van der Waals surface area contributed by atoms with Crippen molar-refractivity contribution in [1.82, 2.24) is 15.7 Å². The van der Waals surface area contributed by atoms with Crippen LogP contribution in [0.4, 0.5) is 11.5 Å². The molecular weight excluding hydrogens is 300 g/mol. The molecule has 3 rings (SSSR count). The van der Waals surface area contributed by atoms with Crippen molar-refractivity contribution in [1.29, 1.82) is 0 Å². The Balaban J connectivity index is 2.09. The van der Waals surface area contributed by atoms with Gasteiger partial charge in [0.25, 0.3) is 0 Å². The molecule has 22 heavy (non-hydrogen) atoms. The minimum atomic E-state index is -3.35. The minimum absolute atomic E-state index is 0.141. The molecular formula is C15H13N4O2S. The third-order valence-corrected chi connectivity index (χ3v) is 3.63. The molecule has 0 aliphatic carbocycles. The van der Waals surface area contributed by atoms with E-state index in [-0.39, 0.29) is 5.82 Å². The third kappa shape index (κ3) is 2.99. The molecule has 111 valence electrons. The van der Waals surface area contributed by atoms with Crippen LogP contribution in [0, 0.1) is 0 Å². The molecule has 1 heterocycles. The van der Waals surface area contributed by atoms with Crippen LogP contribution in [0.15, 0.2) is 48.5 Å². The van der Waals surface area contributed by atoms with Crippen LogP contribution in [0.5, 0.6) is 0 Å². The average Bonchev–Trinajstić information content (AvgIpc) is 2.46. The first-order chi connectivity index (χ1) is 10.4. The van der Waals surface area contributed by atoms with Crippen LogP contribution in [0.3, 0.4) is 0 Å². The van der Waals surface area contributed by atoms with Crippen LogP contribution in [-0.2, 0) is 10.0 Å².